The molecule has 0 saturated heterocycles. The van der Waals surface area contributed by atoms with Crippen LogP contribution in [-0.4, -0.2) is 34.8 Å². The average Bonchev–Trinajstić information content (AvgIpc) is 2.72. The van der Waals surface area contributed by atoms with E-state index in [1.165, 1.54) is 6.26 Å². The van der Waals surface area contributed by atoms with E-state index in [1.807, 2.05) is 25.5 Å². The molecule has 1 aromatic rings. The Morgan fingerprint density at radius 2 is 2.05 bits per heavy atom. The van der Waals surface area contributed by atoms with Crippen molar-refractivity contribution in [1.82, 2.24) is 9.78 Å². The summed E-state index contributed by atoms with van der Waals surface area (Å²) in [5.74, 6) is 0. The lowest BCUT2D eigenvalue weighted by molar-refractivity contribution is 0.172. The van der Waals surface area contributed by atoms with Gasteiger partial charge >= 0.3 is 0 Å². The van der Waals surface area contributed by atoms with Crippen molar-refractivity contribution in [2.75, 3.05) is 6.26 Å². The maximum Gasteiger partial charge on any atom is 0.150 e. The fraction of sp³-hybridized carbons (Fsp3) is 0.800. The van der Waals surface area contributed by atoms with Crippen molar-refractivity contribution in [2.45, 2.75) is 70.3 Å². The highest BCUT2D eigenvalue weighted by atomic mass is 32.2. The van der Waals surface area contributed by atoms with Crippen LogP contribution in [0.15, 0.2) is 0 Å². The van der Waals surface area contributed by atoms with Gasteiger partial charge in [-0.05, 0) is 39.5 Å². The third-order valence-corrected chi connectivity index (χ3v) is 6.29. The zero-order valence-corrected chi connectivity index (χ0v) is 14.2. The molecule has 5 nitrogen and oxygen atoms in total. The normalized spacial score (nSPS) is 25.0. The molecule has 1 aromatic heterocycles. The molecule has 1 fully saturated rings. The first kappa shape index (κ1) is 16.5. The number of sulfone groups is 1. The third-order valence-electron chi connectivity index (χ3n) is 4.65. The maximum atomic E-state index is 11.8. The van der Waals surface area contributed by atoms with E-state index in [0.717, 1.165) is 36.2 Å². The quantitative estimate of drug-likeness (QED) is 0.926. The first-order chi connectivity index (χ1) is 9.75. The Morgan fingerprint density at radius 3 is 2.62 bits per heavy atom. The second kappa shape index (κ2) is 6.08. The molecule has 0 amide bonds. The molecule has 1 heterocycles. The summed E-state index contributed by atoms with van der Waals surface area (Å²) in [6.07, 6.45) is 4.73. The van der Waals surface area contributed by atoms with E-state index in [9.17, 15) is 13.5 Å². The van der Waals surface area contributed by atoms with Gasteiger partial charge < -0.3 is 5.11 Å². The van der Waals surface area contributed by atoms with Crippen molar-refractivity contribution >= 4 is 9.84 Å². The number of aliphatic hydroxyl groups excluding tert-OH is 1. The molecular formula is C15H26N2O3S. The van der Waals surface area contributed by atoms with E-state index < -0.39 is 15.9 Å². The average molecular weight is 314 g/mol. The van der Waals surface area contributed by atoms with Crippen LogP contribution in [0.1, 0.15) is 68.1 Å². The maximum absolute atomic E-state index is 11.8. The van der Waals surface area contributed by atoms with Gasteiger partial charge in [-0.15, -0.1) is 0 Å². The first-order valence-corrected chi connectivity index (χ1v) is 9.63. The smallest absolute Gasteiger partial charge is 0.150 e. The van der Waals surface area contributed by atoms with E-state index in [0.29, 0.717) is 12.8 Å². The summed E-state index contributed by atoms with van der Waals surface area (Å²) < 4.78 is 25.6. The Bertz CT molecular complexity index is 607. The highest BCUT2D eigenvalue weighted by molar-refractivity contribution is 7.91. The summed E-state index contributed by atoms with van der Waals surface area (Å²) in [4.78, 5) is 0. The highest BCUT2D eigenvalue weighted by Gasteiger charge is 2.31. The van der Waals surface area contributed by atoms with Gasteiger partial charge in [-0.1, -0.05) is 13.3 Å². The van der Waals surface area contributed by atoms with E-state index in [4.69, 9.17) is 0 Å². The van der Waals surface area contributed by atoms with Crippen LogP contribution in [0.25, 0.3) is 0 Å². The second-order valence-electron chi connectivity index (χ2n) is 6.23. The fourth-order valence-corrected chi connectivity index (χ4v) is 4.62. The summed E-state index contributed by atoms with van der Waals surface area (Å²) in [6, 6.07) is 0.120. The molecule has 3 atom stereocenters. The number of rotatable bonds is 4. The molecule has 120 valence electrons. The monoisotopic (exact) mass is 314 g/mol. The number of aryl methyl sites for hydroxylation is 1. The van der Waals surface area contributed by atoms with Crippen LogP contribution in [0.2, 0.25) is 0 Å². The number of nitrogens with zero attached hydrogens (tertiary/aromatic N) is 2. The van der Waals surface area contributed by atoms with Crippen molar-refractivity contribution in [3.05, 3.63) is 17.0 Å². The molecule has 2 rings (SSSR count). The van der Waals surface area contributed by atoms with Crippen LogP contribution in [0.5, 0.6) is 0 Å². The molecule has 6 heteroatoms. The van der Waals surface area contributed by atoms with E-state index in [-0.39, 0.29) is 11.3 Å². The van der Waals surface area contributed by atoms with Crippen molar-refractivity contribution < 1.29 is 13.5 Å². The van der Waals surface area contributed by atoms with Gasteiger partial charge in [0.15, 0.2) is 0 Å². The summed E-state index contributed by atoms with van der Waals surface area (Å²) >= 11 is 0. The Kier molecular flexibility index (Phi) is 4.78. The van der Waals surface area contributed by atoms with Gasteiger partial charge in [0, 0.05) is 17.5 Å². The van der Waals surface area contributed by atoms with Gasteiger partial charge in [-0.3, -0.25) is 4.68 Å². The van der Waals surface area contributed by atoms with Gasteiger partial charge in [0.1, 0.15) is 9.84 Å². The minimum absolute atomic E-state index is 0.120. The minimum atomic E-state index is -2.99. The highest BCUT2D eigenvalue weighted by Crippen LogP contribution is 2.34. The molecule has 1 saturated carbocycles. The Hall–Kier alpha value is -0.880. The van der Waals surface area contributed by atoms with Gasteiger partial charge in [-0.25, -0.2) is 8.42 Å². The zero-order chi connectivity index (χ0) is 15.8. The van der Waals surface area contributed by atoms with Gasteiger partial charge in [0.25, 0.3) is 0 Å². The van der Waals surface area contributed by atoms with Crippen molar-refractivity contribution in [2.24, 2.45) is 0 Å². The predicted octanol–water partition coefficient (Wildman–Crippen LogP) is 2.47. The van der Waals surface area contributed by atoms with Gasteiger partial charge in [0.05, 0.1) is 23.1 Å². The summed E-state index contributed by atoms with van der Waals surface area (Å²) in [7, 11) is -2.99. The molecule has 3 unspecified atom stereocenters. The standard InChI is InChI=1S/C15H26N2O3S/c1-5-14(18)15-10(2)16-17(11(15)3)12-7-6-8-13(9-12)21(4,19)20/h12-14,18H,5-9H2,1-4H3. The van der Waals surface area contributed by atoms with E-state index >= 15 is 0 Å². The summed E-state index contributed by atoms with van der Waals surface area (Å²) in [5.41, 5.74) is 2.73. The molecule has 0 radical (unpaired) electrons. The van der Waals surface area contributed by atoms with Crippen molar-refractivity contribution in [3.63, 3.8) is 0 Å². The lowest BCUT2D eigenvalue weighted by atomic mass is 9.94. The molecule has 1 N–H and O–H groups in total. The Morgan fingerprint density at radius 1 is 1.38 bits per heavy atom. The number of hydrogen-bond donors (Lipinski definition) is 1. The molecule has 0 spiro atoms. The van der Waals surface area contributed by atoms with Crippen molar-refractivity contribution in [3.8, 4) is 0 Å². The van der Waals surface area contributed by atoms with Crippen LogP contribution in [0.3, 0.4) is 0 Å². The molecule has 0 bridgehead atoms. The van der Waals surface area contributed by atoms with Crippen LogP contribution >= 0.6 is 0 Å². The Balaban J connectivity index is 2.30. The second-order valence-corrected chi connectivity index (χ2v) is 8.55. The molecule has 21 heavy (non-hydrogen) atoms. The van der Waals surface area contributed by atoms with Crippen molar-refractivity contribution in [1.29, 1.82) is 0 Å². The Labute approximate surface area is 127 Å². The van der Waals surface area contributed by atoms with E-state index in [2.05, 4.69) is 5.10 Å². The van der Waals surface area contributed by atoms with E-state index in [1.54, 1.807) is 0 Å². The topological polar surface area (TPSA) is 72.2 Å². The molecular weight excluding hydrogens is 288 g/mol. The largest absolute Gasteiger partial charge is 0.388 e. The molecule has 1 aliphatic carbocycles. The first-order valence-electron chi connectivity index (χ1n) is 7.68. The molecule has 1 aliphatic rings. The SMILES string of the molecule is CCC(O)c1c(C)nn(C2CCCC(S(C)(=O)=O)C2)c1C. The molecule has 0 aliphatic heterocycles. The third kappa shape index (κ3) is 3.31. The lowest BCUT2D eigenvalue weighted by Crippen LogP contribution is -2.29. The summed E-state index contributed by atoms with van der Waals surface area (Å²) in [6.45, 7) is 5.83. The fourth-order valence-electron chi connectivity index (χ4n) is 3.45. The van der Waals surface area contributed by atoms with Crippen LogP contribution in [-0.2, 0) is 9.84 Å². The zero-order valence-electron chi connectivity index (χ0n) is 13.3. The van der Waals surface area contributed by atoms with Crippen LogP contribution in [0, 0.1) is 13.8 Å². The summed E-state index contributed by atoms with van der Waals surface area (Å²) in [5, 5.41) is 14.5. The number of hydrogen-bond acceptors (Lipinski definition) is 4. The predicted molar refractivity (Wildman–Crippen MR) is 83.1 cm³/mol. The van der Waals surface area contributed by atoms with Gasteiger partial charge in [0.2, 0.25) is 0 Å². The molecule has 0 aromatic carbocycles. The van der Waals surface area contributed by atoms with Gasteiger partial charge in [-0.2, -0.15) is 5.10 Å². The lowest BCUT2D eigenvalue weighted by Gasteiger charge is -2.29. The minimum Gasteiger partial charge on any atom is -0.388 e. The number of aliphatic hydroxyl groups is 1. The van der Waals surface area contributed by atoms with Crippen LogP contribution < -0.4 is 0 Å². The number of aromatic nitrogens is 2. The van der Waals surface area contributed by atoms with Crippen LogP contribution in [0.4, 0.5) is 0 Å².